The fourth-order valence-corrected chi connectivity index (χ4v) is 2.97. The molecule has 0 spiro atoms. The minimum atomic E-state index is -0.162. The molecule has 1 fully saturated rings. The molecule has 1 amide bonds. The molecular weight excluding hydrogens is 278 g/mol. The lowest BCUT2D eigenvalue weighted by atomic mass is 9.98. The van der Waals surface area contributed by atoms with Crippen molar-refractivity contribution in [2.24, 2.45) is 5.92 Å². The van der Waals surface area contributed by atoms with E-state index in [0.717, 1.165) is 11.4 Å². The molecule has 0 aliphatic heterocycles. The topological polar surface area (TPSA) is 55.6 Å². The Labute approximate surface area is 130 Å². The molecule has 0 atom stereocenters. The van der Waals surface area contributed by atoms with Crippen molar-refractivity contribution in [1.29, 1.82) is 0 Å². The van der Waals surface area contributed by atoms with Gasteiger partial charge in [-0.1, -0.05) is 0 Å². The molecule has 5 nitrogen and oxygen atoms in total. The molecule has 0 radical (unpaired) electrons. The lowest BCUT2D eigenvalue weighted by Crippen LogP contribution is -2.45. The summed E-state index contributed by atoms with van der Waals surface area (Å²) in [5.41, 5.74) is 3.02. The van der Waals surface area contributed by atoms with Crippen LogP contribution in [0.3, 0.4) is 0 Å². The van der Waals surface area contributed by atoms with Gasteiger partial charge in [-0.05, 0) is 51.7 Å². The zero-order valence-corrected chi connectivity index (χ0v) is 13.6. The van der Waals surface area contributed by atoms with Crippen molar-refractivity contribution >= 4 is 11.6 Å². The van der Waals surface area contributed by atoms with Crippen molar-refractivity contribution in [1.82, 2.24) is 14.7 Å². The van der Waals surface area contributed by atoms with Crippen molar-refractivity contribution in [2.75, 3.05) is 7.11 Å². The zero-order valence-electron chi connectivity index (χ0n) is 13.6. The average Bonchev–Trinajstić information content (AvgIpc) is 3.20. The van der Waals surface area contributed by atoms with Crippen LogP contribution in [0.2, 0.25) is 0 Å². The molecule has 1 aliphatic rings. The lowest BCUT2D eigenvalue weighted by Gasteiger charge is -2.26. The van der Waals surface area contributed by atoms with Gasteiger partial charge in [-0.2, -0.15) is 0 Å². The number of carbonyl (C=O) groups excluding carboxylic acids is 1. The fourth-order valence-electron chi connectivity index (χ4n) is 2.97. The molecule has 2 aromatic heterocycles. The summed E-state index contributed by atoms with van der Waals surface area (Å²) in [5.74, 6) is 0.532. The van der Waals surface area contributed by atoms with E-state index in [1.807, 2.05) is 29.7 Å². The summed E-state index contributed by atoms with van der Waals surface area (Å²) in [6.07, 6.45) is 4.28. The number of carbonyl (C=O) groups is 1. The standard InChI is InChI=1S/C17H23N3O2/c1-11-9-13(10-22-4)18-15-14(7-8-20(11)15)16(21)19-17(2,3)12-5-6-12/h7-9,12H,5-6,10H2,1-4H3,(H,19,21). The number of rotatable bonds is 5. The highest BCUT2D eigenvalue weighted by Gasteiger charge is 2.39. The minimum absolute atomic E-state index is 0.0548. The second kappa shape index (κ2) is 5.39. The highest BCUT2D eigenvalue weighted by Crippen LogP contribution is 2.39. The van der Waals surface area contributed by atoms with Gasteiger partial charge >= 0.3 is 0 Å². The van der Waals surface area contributed by atoms with Gasteiger partial charge in [0.05, 0.1) is 17.9 Å². The van der Waals surface area contributed by atoms with Crippen LogP contribution in [0.5, 0.6) is 0 Å². The molecule has 0 unspecified atom stereocenters. The third-order valence-electron chi connectivity index (χ3n) is 4.43. The van der Waals surface area contributed by atoms with Gasteiger partial charge in [0.25, 0.3) is 5.91 Å². The number of nitrogens with zero attached hydrogens (tertiary/aromatic N) is 2. The second-order valence-corrected chi connectivity index (χ2v) is 6.69. The van der Waals surface area contributed by atoms with Crippen LogP contribution in [-0.4, -0.2) is 27.9 Å². The van der Waals surface area contributed by atoms with Crippen LogP contribution >= 0.6 is 0 Å². The molecule has 118 valence electrons. The molecule has 2 aromatic rings. The number of hydrogen-bond donors (Lipinski definition) is 1. The van der Waals surface area contributed by atoms with Gasteiger partial charge in [-0.15, -0.1) is 0 Å². The summed E-state index contributed by atoms with van der Waals surface area (Å²) in [5, 5.41) is 3.16. The number of amides is 1. The first-order valence-electron chi connectivity index (χ1n) is 7.71. The Kier molecular flexibility index (Phi) is 3.68. The predicted octanol–water partition coefficient (Wildman–Crippen LogP) is 2.71. The van der Waals surface area contributed by atoms with Crippen molar-refractivity contribution < 1.29 is 9.53 Å². The third kappa shape index (κ3) is 2.73. The van der Waals surface area contributed by atoms with Crippen LogP contribution in [-0.2, 0) is 11.3 Å². The van der Waals surface area contributed by atoms with Crippen LogP contribution in [0.25, 0.3) is 5.65 Å². The number of hydrogen-bond acceptors (Lipinski definition) is 3. The quantitative estimate of drug-likeness (QED) is 0.924. The van der Waals surface area contributed by atoms with Crippen LogP contribution < -0.4 is 5.32 Å². The van der Waals surface area contributed by atoms with Crippen LogP contribution in [0.1, 0.15) is 48.4 Å². The van der Waals surface area contributed by atoms with Crippen LogP contribution in [0.15, 0.2) is 18.3 Å². The molecule has 0 bridgehead atoms. The number of methoxy groups -OCH3 is 1. The maximum absolute atomic E-state index is 12.7. The van der Waals surface area contributed by atoms with E-state index in [2.05, 4.69) is 24.1 Å². The van der Waals surface area contributed by atoms with E-state index in [-0.39, 0.29) is 11.4 Å². The van der Waals surface area contributed by atoms with Gasteiger partial charge < -0.3 is 14.5 Å². The Morgan fingerprint density at radius 3 is 2.86 bits per heavy atom. The Morgan fingerprint density at radius 1 is 1.50 bits per heavy atom. The van der Waals surface area contributed by atoms with Crippen molar-refractivity contribution in [2.45, 2.75) is 45.8 Å². The SMILES string of the molecule is COCc1cc(C)n2ccc(C(=O)NC(C)(C)C3CC3)c2n1. The highest BCUT2D eigenvalue weighted by atomic mass is 16.5. The summed E-state index contributed by atoms with van der Waals surface area (Å²) >= 11 is 0. The van der Waals surface area contributed by atoms with Crippen LogP contribution in [0, 0.1) is 12.8 Å². The molecule has 22 heavy (non-hydrogen) atoms. The van der Waals surface area contributed by atoms with Gasteiger partial charge in [0.2, 0.25) is 0 Å². The number of fused-ring (bicyclic) bond motifs is 1. The minimum Gasteiger partial charge on any atom is -0.378 e. The Bertz CT molecular complexity index is 714. The van der Waals surface area contributed by atoms with E-state index in [9.17, 15) is 4.79 Å². The average molecular weight is 301 g/mol. The molecule has 0 saturated heterocycles. The third-order valence-corrected chi connectivity index (χ3v) is 4.43. The maximum Gasteiger partial charge on any atom is 0.255 e. The largest absolute Gasteiger partial charge is 0.378 e. The number of nitrogens with one attached hydrogen (secondary N) is 1. The molecule has 2 heterocycles. The van der Waals surface area contributed by atoms with Gasteiger partial charge in [-0.25, -0.2) is 4.98 Å². The summed E-state index contributed by atoms with van der Waals surface area (Å²) in [7, 11) is 1.64. The molecule has 3 rings (SSSR count). The van der Waals surface area contributed by atoms with Gasteiger partial charge in [-0.3, -0.25) is 4.79 Å². The highest BCUT2D eigenvalue weighted by molar-refractivity contribution is 6.00. The Balaban J connectivity index is 1.94. The molecule has 1 aliphatic carbocycles. The van der Waals surface area contributed by atoms with Crippen molar-refractivity contribution in [3.63, 3.8) is 0 Å². The lowest BCUT2D eigenvalue weighted by molar-refractivity contribution is 0.0905. The number of ether oxygens (including phenoxy) is 1. The van der Waals surface area contributed by atoms with E-state index in [4.69, 9.17) is 4.74 Å². The summed E-state index contributed by atoms with van der Waals surface area (Å²) in [6, 6.07) is 3.82. The van der Waals surface area contributed by atoms with E-state index >= 15 is 0 Å². The van der Waals surface area contributed by atoms with Crippen LogP contribution in [0.4, 0.5) is 0 Å². The van der Waals surface area contributed by atoms with E-state index in [0.29, 0.717) is 23.7 Å². The monoisotopic (exact) mass is 301 g/mol. The van der Waals surface area contributed by atoms with E-state index in [1.165, 1.54) is 12.8 Å². The molecular formula is C17H23N3O2. The second-order valence-electron chi connectivity index (χ2n) is 6.69. The first kappa shape index (κ1) is 15.0. The number of aryl methyl sites for hydroxylation is 1. The normalized spacial score (nSPS) is 15.3. The van der Waals surface area contributed by atoms with E-state index < -0.39 is 0 Å². The van der Waals surface area contributed by atoms with Gasteiger partial charge in [0, 0.05) is 24.5 Å². The molecule has 5 heteroatoms. The first-order valence-corrected chi connectivity index (χ1v) is 7.71. The first-order chi connectivity index (χ1) is 10.4. The zero-order chi connectivity index (χ0) is 15.9. The maximum atomic E-state index is 12.7. The predicted molar refractivity (Wildman–Crippen MR) is 84.9 cm³/mol. The fraction of sp³-hybridized carbons (Fsp3) is 0.529. The molecule has 1 N–H and O–H groups in total. The smallest absolute Gasteiger partial charge is 0.255 e. The summed E-state index contributed by atoms with van der Waals surface area (Å²) in [6.45, 7) is 6.63. The Hall–Kier alpha value is -1.88. The number of aromatic nitrogens is 2. The van der Waals surface area contributed by atoms with Crippen molar-refractivity contribution in [3.8, 4) is 0 Å². The summed E-state index contributed by atoms with van der Waals surface area (Å²) in [4.78, 5) is 17.2. The van der Waals surface area contributed by atoms with Crippen molar-refractivity contribution in [3.05, 3.63) is 35.3 Å². The van der Waals surface area contributed by atoms with Gasteiger partial charge in [0.15, 0.2) is 0 Å². The Morgan fingerprint density at radius 2 is 2.23 bits per heavy atom. The molecule has 1 saturated carbocycles. The molecule has 0 aromatic carbocycles. The van der Waals surface area contributed by atoms with Gasteiger partial charge in [0.1, 0.15) is 5.65 Å². The summed E-state index contributed by atoms with van der Waals surface area (Å²) < 4.78 is 7.10. The van der Waals surface area contributed by atoms with E-state index in [1.54, 1.807) is 7.11 Å².